The van der Waals surface area contributed by atoms with E-state index in [0.717, 1.165) is 6.42 Å². The Kier molecular flexibility index (Phi) is 35.1. The van der Waals surface area contributed by atoms with Gasteiger partial charge in [0.15, 0.2) is 0 Å². The molecule has 0 unspecified atom stereocenters. The Morgan fingerprint density at radius 1 is 0.600 bits per heavy atom. The molecule has 0 aliphatic heterocycles. The molecule has 0 aliphatic carbocycles. The summed E-state index contributed by atoms with van der Waals surface area (Å²) in [7, 11) is 0. The Balaban J connectivity index is -0.000000916. The van der Waals surface area contributed by atoms with Gasteiger partial charge in [-0.05, 0) is 0 Å². The van der Waals surface area contributed by atoms with Crippen LogP contribution >= 0.6 is 0 Å². The predicted octanol–water partition coefficient (Wildman–Crippen LogP) is 7.29. The van der Waals surface area contributed by atoms with E-state index in [1.54, 1.807) is 0 Å². The molecule has 0 radical (unpaired) electrons. The molecule has 0 fully saturated rings. The first-order valence-electron chi connectivity index (χ1n) is 8.50. The summed E-state index contributed by atoms with van der Waals surface area (Å²) in [6.45, 7) is 6.17. The normalized spacial score (nSPS) is 9.60. The van der Waals surface area contributed by atoms with Crippen LogP contribution in [0.4, 0.5) is 0 Å². The molecule has 0 aromatic heterocycles. The number of nitrogens with two attached hydrogens (primary N) is 1. The fourth-order valence-corrected chi connectivity index (χ4v) is 2.37. The molecule has 2 nitrogen and oxygen atoms in total. The SMILES string of the molecule is [CH2-]CCCCCCCCCCCCCCCC.[NH2-].[O]=[Zn]. The summed E-state index contributed by atoms with van der Waals surface area (Å²) in [5.41, 5.74) is 0. The molecule has 0 aromatic carbocycles. The maximum absolute atomic E-state index is 8.38. The van der Waals surface area contributed by atoms with Crippen molar-refractivity contribution in [1.29, 1.82) is 0 Å². The van der Waals surface area contributed by atoms with Gasteiger partial charge in [-0.1, -0.05) is 96.8 Å². The number of hydrogen-bond donors (Lipinski definition) is 0. The zero-order valence-corrected chi connectivity index (χ0v) is 17.0. The molecular formula is C17H37NOZn-2. The van der Waals surface area contributed by atoms with Gasteiger partial charge < -0.3 is 13.1 Å². The summed E-state index contributed by atoms with van der Waals surface area (Å²) in [5.74, 6) is 0. The van der Waals surface area contributed by atoms with Gasteiger partial charge in [0.1, 0.15) is 0 Å². The van der Waals surface area contributed by atoms with Crippen LogP contribution in [-0.4, -0.2) is 0 Å². The van der Waals surface area contributed by atoms with Gasteiger partial charge in [-0.15, -0.1) is 0 Å². The standard InChI is InChI=1S/C17H35.H2N.O.Zn/c1-3-5-7-9-11-13-15-17-16-14-12-10-8-6-4-2;;;/h1,3-17H2,2H3;1H2;;/q2*-1;;. The first kappa shape index (κ1) is 25.3. The molecule has 0 saturated carbocycles. The number of rotatable bonds is 14. The van der Waals surface area contributed by atoms with Gasteiger partial charge in [0, 0.05) is 0 Å². The molecule has 0 atom stereocenters. The zero-order chi connectivity index (χ0) is 14.6. The van der Waals surface area contributed by atoms with Crippen LogP contribution in [0.2, 0.25) is 0 Å². The van der Waals surface area contributed by atoms with E-state index in [2.05, 4.69) is 13.8 Å². The van der Waals surface area contributed by atoms with Crippen LogP contribution in [0.5, 0.6) is 0 Å². The second-order valence-electron chi connectivity index (χ2n) is 5.45. The molecule has 0 rings (SSSR count). The van der Waals surface area contributed by atoms with E-state index < -0.39 is 0 Å². The Morgan fingerprint density at radius 3 is 1.10 bits per heavy atom. The third-order valence-corrected chi connectivity index (χ3v) is 3.60. The van der Waals surface area contributed by atoms with Crippen molar-refractivity contribution in [2.24, 2.45) is 0 Å². The van der Waals surface area contributed by atoms with Gasteiger partial charge in [-0.25, -0.2) is 0 Å². The minimum atomic E-state index is 0. The van der Waals surface area contributed by atoms with E-state index in [1.807, 2.05) is 0 Å². The van der Waals surface area contributed by atoms with Gasteiger partial charge in [0.05, 0.1) is 0 Å². The fourth-order valence-electron chi connectivity index (χ4n) is 2.37. The van der Waals surface area contributed by atoms with Crippen LogP contribution in [-0.2, 0) is 21.8 Å². The van der Waals surface area contributed by atoms with Crippen LogP contribution in [0, 0.1) is 6.92 Å². The van der Waals surface area contributed by atoms with E-state index in [0.29, 0.717) is 0 Å². The summed E-state index contributed by atoms with van der Waals surface area (Å²) in [4.78, 5) is 0. The summed E-state index contributed by atoms with van der Waals surface area (Å²) in [6.07, 6.45) is 21.3. The third kappa shape index (κ3) is 26.9. The van der Waals surface area contributed by atoms with Gasteiger partial charge in [0.25, 0.3) is 0 Å². The van der Waals surface area contributed by atoms with Crippen LogP contribution in [0.25, 0.3) is 6.15 Å². The minimum absolute atomic E-state index is 0. The van der Waals surface area contributed by atoms with Gasteiger partial charge in [-0.3, -0.25) is 0 Å². The van der Waals surface area contributed by atoms with Crippen LogP contribution in [0.1, 0.15) is 103 Å². The Morgan fingerprint density at radius 2 is 0.850 bits per heavy atom. The second-order valence-corrected chi connectivity index (χ2v) is 5.45. The Hall–Kier alpha value is 0.383. The van der Waals surface area contributed by atoms with Crippen molar-refractivity contribution in [3.63, 3.8) is 0 Å². The molecule has 3 heteroatoms. The topological polar surface area (TPSA) is 50.6 Å². The molecular weight excluding hydrogens is 300 g/mol. The van der Waals surface area contributed by atoms with Crippen molar-refractivity contribution in [3.8, 4) is 0 Å². The maximum atomic E-state index is 8.38. The number of unbranched alkanes of at least 4 members (excludes halogenated alkanes) is 14. The molecule has 0 spiro atoms. The Labute approximate surface area is 138 Å². The second kappa shape index (κ2) is 27.7. The third-order valence-electron chi connectivity index (χ3n) is 3.60. The Bertz CT molecular complexity index is 131. The summed E-state index contributed by atoms with van der Waals surface area (Å²) in [6, 6.07) is 0. The summed E-state index contributed by atoms with van der Waals surface area (Å²) >= 11 is 0.125. The summed E-state index contributed by atoms with van der Waals surface area (Å²) in [5, 5.41) is 0. The van der Waals surface area contributed by atoms with E-state index in [-0.39, 0.29) is 24.4 Å². The molecule has 0 aromatic rings. The molecule has 0 bridgehead atoms. The zero-order valence-electron chi connectivity index (χ0n) is 14.0. The molecule has 120 valence electrons. The van der Waals surface area contributed by atoms with Crippen molar-refractivity contribution in [1.82, 2.24) is 0 Å². The molecule has 0 aliphatic rings. The van der Waals surface area contributed by atoms with Gasteiger partial charge in [-0.2, -0.15) is 6.42 Å². The van der Waals surface area contributed by atoms with Crippen molar-refractivity contribution in [3.05, 3.63) is 13.1 Å². The van der Waals surface area contributed by atoms with Crippen LogP contribution < -0.4 is 0 Å². The average Bonchev–Trinajstić information content (AvgIpc) is 2.46. The van der Waals surface area contributed by atoms with Crippen molar-refractivity contribution in [2.45, 2.75) is 103 Å². The molecule has 20 heavy (non-hydrogen) atoms. The van der Waals surface area contributed by atoms with E-state index in [1.165, 1.54) is 89.9 Å². The first-order valence-corrected chi connectivity index (χ1v) is 9.71. The van der Waals surface area contributed by atoms with E-state index in [9.17, 15) is 0 Å². The first-order chi connectivity index (χ1) is 9.41. The fraction of sp³-hybridized carbons (Fsp3) is 0.941. The van der Waals surface area contributed by atoms with Gasteiger partial charge >= 0.3 is 21.8 Å². The summed E-state index contributed by atoms with van der Waals surface area (Å²) < 4.78 is 8.38. The molecule has 0 heterocycles. The molecule has 0 saturated heterocycles. The van der Waals surface area contributed by atoms with E-state index >= 15 is 0 Å². The van der Waals surface area contributed by atoms with Crippen LogP contribution in [0.15, 0.2) is 0 Å². The van der Waals surface area contributed by atoms with Crippen molar-refractivity contribution >= 4 is 0 Å². The van der Waals surface area contributed by atoms with Crippen LogP contribution in [0.3, 0.4) is 0 Å². The van der Waals surface area contributed by atoms with E-state index in [4.69, 9.17) is 3.57 Å². The molecule has 2 N–H and O–H groups in total. The quantitative estimate of drug-likeness (QED) is 0.186. The average molecular weight is 337 g/mol. The van der Waals surface area contributed by atoms with Gasteiger partial charge in [0.2, 0.25) is 0 Å². The number of hydrogen-bond acceptors (Lipinski definition) is 1. The van der Waals surface area contributed by atoms with Crippen molar-refractivity contribution < 1.29 is 21.8 Å². The molecule has 0 amide bonds. The monoisotopic (exact) mass is 335 g/mol. The predicted molar refractivity (Wildman–Crippen MR) is 86.3 cm³/mol. The van der Waals surface area contributed by atoms with Crippen molar-refractivity contribution in [2.75, 3.05) is 0 Å².